The summed E-state index contributed by atoms with van der Waals surface area (Å²) in [5.74, 6) is 0. The number of halogens is 1. The van der Waals surface area contributed by atoms with Gasteiger partial charge >= 0.3 is 0 Å². The molecule has 1 saturated carbocycles. The van der Waals surface area contributed by atoms with Gasteiger partial charge in [0.2, 0.25) is 0 Å². The van der Waals surface area contributed by atoms with Gasteiger partial charge in [0.1, 0.15) is 0 Å². The van der Waals surface area contributed by atoms with Crippen LogP contribution in [0.3, 0.4) is 0 Å². The van der Waals surface area contributed by atoms with E-state index in [1.165, 1.54) is 42.1 Å². The zero-order valence-corrected chi connectivity index (χ0v) is 10.4. The van der Waals surface area contributed by atoms with Crippen molar-refractivity contribution in [2.45, 2.75) is 37.5 Å². The third kappa shape index (κ3) is 1.40. The van der Waals surface area contributed by atoms with Gasteiger partial charge < -0.3 is 0 Å². The van der Waals surface area contributed by atoms with Gasteiger partial charge in [0.15, 0.2) is 0 Å². The van der Waals surface area contributed by atoms with Crippen LogP contribution in [-0.4, -0.2) is 0 Å². The summed E-state index contributed by atoms with van der Waals surface area (Å²) in [6.45, 7) is 0. The maximum Gasteiger partial charge on any atom is 0.0219 e. The molecule has 0 saturated heterocycles. The standard InChI is InChI=1S/C14H15Br/c15-13-10-14(8-4-1-5-9-14)12-7-3-2-6-11(12)13/h2-3,6-7,10H,1,4-5,8-9H2. The van der Waals surface area contributed by atoms with Crippen LogP contribution in [-0.2, 0) is 5.41 Å². The van der Waals surface area contributed by atoms with Crippen molar-refractivity contribution in [1.82, 2.24) is 0 Å². The van der Waals surface area contributed by atoms with Crippen molar-refractivity contribution in [2.75, 3.05) is 0 Å². The van der Waals surface area contributed by atoms with Crippen molar-refractivity contribution in [2.24, 2.45) is 0 Å². The molecule has 78 valence electrons. The summed E-state index contributed by atoms with van der Waals surface area (Å²) in [4.78, 5) is 0. The average molecular weight is 263 g/mol. The summed E-state index contributed by atoms with van der Waals surface area (Å²) in [7, 11) is 0. The first kappa shape index (κ1) is 9.65. The van der Waals surface area contributed by atoms with Crippen LogP contribution < -0.4 is 0 Å². The van der Waals surface area contributed by atoms with E-state index in [0.717, 1.165) is 0 Å². The highest BCUT2D eigenvalue weighted by Crippen LogP contribution is 2.50. The first-order chi connectivity index (χ1) is 7.32. The fourth-order valence-corrected chi connectivity index (χ4v) is 3.90. The van der Waals surface area contributed by atoms with Crippen LogP contribution in [0.4, 0.5) is 0 Å². The summed E-state index contributed by atoms with van der Waals surface area (Å²) >= 11 is 3.71. The Morgan fingerprint density at radius 2 is 1.73 bits per heavy atom. The monoisotopic (exact) mass is 262 g/mol. The molecule has 1 heteroatoms. The van der Waals surface area contributed by atoms with Gasteiger partial charge in [-0.25, -0.2) is 0 Å². The largest absolute Gasteiger partial charge is 0.0619 e. The zero-order valence-electron chi connectivity index (χ0n) is 8.80. The molecule has 1 spiro atoms. The first-order valence-corrected chi connectivity index (χ1v) is 6.59. The molecule has 0 nitrogen and oxygen atoms in total. The molecular formula is C14H15Br. The molecule has 2 aliphatic rings. The molecule has 0 unspecified atom stereocenters. The number of hydrogen-bond donors (Lipinski definition) is 0. The van der Waals surface area contributed by atoms with Gasteiger partial charge in [0, 0.05) is 9.90 Å². The molecule has 0 aliphatic heterocycles. The van der Waals surface area contributed by atoms with Crippen LogP contribution in [0.5, 0.6) is 0 Å². The molecule has 0 heterocycles. The second kappa shape index (κ2) is 3.48. The number of allylic oxidation sites excluding steroid dienone is 1. The van der Waals surface area contributed by atoms with Crippen molar-refractivity contribution in [3.63, 3.8) is 0 Å². The van der Waals surface area contributed by atoms with Gasteiger partial charge in [-0.2, -0.15) is 0 Å². The molecule has 0 atom stereocenters. The summed E-state index contributed by atoms with van der Waals surface area (Å²) in [6.07, 6.45) is 9.29. The highest BCUT2D eigenvalue weighted by molar-refractivity contribution is 9.15. The molecular weight excluding hydrogens is 248 g/mol. The minimum atomic E-state index is 0.369. The summed E-state index contributed by atoms with van der Waals surface area (Å²) < 4.78 is 1.31. The van der Waals surface area contributed by atoms with Crippen molar-refractivity contribution in [1.29, 1.82) is 0 Å². The highest BCUT2D eigenvalue weighted by Gasteiger charge is 2.37. The SMILES string of the molecule is BrC1=CC2(CCCCC2)c2ccccc21. The van der Waals surface area contributed by atoms with Crippen molar-refractivity contribution < 1.29 is 0 Å². The maximum absolute atomic E-state index is 3.71. The van der Waals surface area contributed by atoms with Gasteiger partial charge in [-0.05, 0) is 24.0 Å². The van der Waals surface area contributed by atoms with E-state index in [-0.39, 0.29) is 0 Å². The Hall–Kier alpha value is -0.560. The van der Waals surface area contributed by atoms with E-state index in [9.17, 15) is 0 Å². The van der Waals surface area contributed by atoms with Gasteiger partial charge in [0.25, 0.3) is 0 Å². The Morgan fingerprint density at radius 1 is 1.00 bits per heavy atom. The quantitative estimate of drug-likeness (QED) is 0.639. The second-order valence-corrected chi connectivity index (χ2v) is 5.61. The van der Waals surface area contributed by atoms with Crippen molar-refractivity contribution >= 4 is 20.4 Å². The first-order valence-electron chi connectivity index (χ1n) is 5.80. The van der Waals surface area contributed by atoms with E-state index in [1.54, 1.807) is 5.56 Å². The van der Waals surface area contributed by atoms with Crippen molar-refractivity contribution in [3.8, 4) is 0 Å². The van der Waals surface area contributed by atoms with Crippen LogP contribution in [0.15, 0.2) is 30.3 Å². The van der Waals surface area contributed by atoms with Gasteiger partial charge in [-0.1, -0.05) is 65.5 Å². The van der Waals surface area contributed by atoms with E-state index in [1.807, 2.05) is 0 Å². The Balaban J connectivity index is 2.13. The molecule has 0 N–H and O–H groups in total. The molecule has 0 radical (unpaired) electrons. The third-order valence-corrected chi connectivity index (χ3v) is 4.53. The van der Waals surface area contributed by atoms with Crippen LogP contribution in [0.1, 0.15) is 43.2 Å². The van der Waals surface area contributed by atoms with Gasteiger partial charge in [-0.15, -0.1) is 0 Å². The number of hydrogen-bond acceptors (Lipinski definition) is 0. The molecule has 3 rings (SSSR count). The van der Waals surface area contributed by atoms with Crippen molar-refractivity contribution in [3.05, 3.63) is 41.5 Å². The molecule has 1 fully saturated rings. The predicted octanol–water partition coefficient (Wildman–Crippen LogP) is 4.64. The Labute approximate surface area is 99.5 Å². The van der Waals surface area contributed by atoms with Crippen LogP contribution in [0, 0.1) is 0 Å². The number of benzene rings is 1. The lowest BCUT2D eigenvalue weighted by atomic mass is 9.71. The molecule has 2 aliphatic carbocycles. The fourth-order valence-electron chi connectivity index (χ4n) is 3.12. The van der Waals surface area contributed by atoms with Gasteiger partial charge in [-0.3, -0.25) is 0 Å². The lowest BCUT2D eigenvalue weighted by Crippen LogP contribution is -2.24. The third-order valence-electron chi connectivity index (χ3n) is 3.87. The smallest absolute Gasteiger partial charge is 0.0219 e. The molecule has 1 aromatic carbocycles. The number of rotatable bonds is 0. The van der Waals surface area contributed by atoms with E-state index in [0.29, 0.717) is 5.41 Å². The molecule has 0 amide bonds. The Morgan fingerprint density at radius 3 is 2.53 bits per heavy atom. The van der Waals surface area contributed by atoms with Crippen LogP contribution in [0.25, 0.3) is 4.48 Å². The van der Waals surface area contributed by atoms with E-state index < -0.39 is 0 Å². The zero-order chi connectivity index (χ0) is 10.3. The maximum atomic E-state index is 3.71. The lowest BCUT2D eigenvalue weighted by Gasteiger charge is -2.33. The van der Waals surface area contributed by atoms with E-state index in [4.69, 9.17) is 0 Å². The normalized spacial score (nSPS) is 22.6. The topological polar surface area (TPSA) is 0 Å². The highest BCUT2D eigenvalue weighted by atomic mass is 79.9. The average Bonchev–Trinajstić information content (AvgIpc) is 2.55. The number of fused-ring (bicyclic) bond motifs is 2. The van der Waals surface area contributed by atoms with E-state index >= 15 is 0 Å². The lowest BCUT2D eigenvalue weighted by molar-refractivity contribution is 0.362. The minimum absolute atomic E-state index is 0.369. The fraction of sp³-hybridized carbons (Fsp3) is 0.429. The molecule has 15 heavy (non-hydrogen) atoms. The van der Waals surface area contributed by atoms with Gasteiger partial charge in [0.05, 0.1) is 0 Å². The Bertz CT molecular complexity index is 411. The van der Waals surface area contributed by atoms with Crippen LogP contribution in [0.2, 0.25) is 0 Å². The van der Waals surface area contributed by atoms with E-state index in [2.05, 4.69) is 46.3 Å². The predicted molar refractivity (Wildman–Crippen MR) is 68.1 cm³/mol. The second-order valence-electron chi connectivity index (χ2n) is 4.75. The molecule has 0 aromatic heterocycles. The minimum Gasteiger partial charge on any atom is -0.0619 e. The molecule has 0 bridgehead atoms. The molecule has 1 aromatic rings. The Kier molecular flexibility index (Phi) is 2.24. The summed E-state index contributed by atoms with van der Waals surface area (Å²) in [6, 6.07) is 8.86. The summed E-state index contributed by atoms with van der Waals surface area (Å²) in [5.41, 5.74) is 3.34. The van der Waals surface area contributed by atoms with Crippen LogP contribution >= 0.6 is 15.9 Å². The summed E-state index contributed by atoms with van der Waals surface area (Å²) in [5, 5.41) is 0.